The van der Waals surface area contributed by atoms with E-state index in [1.807, 2.05) is 30.3 Å². The topological polar surface area (TPSA) is 71.3 Å². The second kappa shape index (κ2) is 7.57. The highest BCUT2D eigenvalue weighted by molar-refractivity contribution is 5.89. The van der Waals surface area contributed by atoms with Gasteiger partial charge in [-0.1, -0.05) is 35.5 Å². The summed E-state index contributed by atoms with van der Waals surface area (Å²) < 4.78 is 43.4. The SMILES string of the molecule is O=C(Nc1ccc(C(F)(F)F)cc1)N1CCC[C@H]1c1nc(-c2ccccc2)no1. The number of likely N-dealkylation sites (tertiary alicyclic amines) is 1. The molecule has 0 unspecified atom stereocenters. The number of hydrogen-bond donors (Lipinski definition) is 1. The van der Waals surface area contributed by atoms with Gasteiger partial charge in [0, 0.05) is 17.8 Å². The number of carbonyl (C=O) groups excluding carboxylic acids is 1. The Bertz CT molecular complexity index is 987. The van der Waals surface area contributed by atoms with Gasteiger partial charge in [-0.25, -0.2) is 4.79 Å². The molecular weight excluding hydrogens is 385 g/mol. The van der Waals surface area contributed by atoms with Gasteiger partial charge in [0.1, 0.15) is 6.04 Å². The first-order chi connectivity index (χ1) is 13.9. The van der Waals surface area contributed by atoms with Crippen molar-refractivity contribution in [1.29, 1.82) is 0 Å². The standard InChI is InChI=1S/C20H17F3N4O2/c21-20(22,23)14-8-10-15(11-9-14)24-19(28)27-12-4-7-16(27)18-25-17(26-29-18)13-5-2-1-3-6-13/h1-3,5-6,8-11,16H,4,7,12H2,(H,24,28)/t16-/m0/s1. The monoisotopic (exact) mass is 402 g/mol. The number of nitrogens with zero attached hydrogens (tertiary/aromatic N) is 3. The van der Waals surface area contributed by atoms with Crippen LogP contribution in [0.15, 0.2) is 59.1 Å². The summed E-state index contributed by atoms with van der Waals surface area (Å²) in [6.45, 7) is 0.486. The van der Waals surface area contributed by atoms with Crippen molar-refractivity contribution in [3.63, 3.8) is 0 Å². The van der Waals surface area contributed by atoms with Gasteiger partial charge in [-0.05, 0) is 37.1 Å². The summed E-state index contributed by atoms with van der Waals surface area (Å²) in [5, 5.41) is 6.62. The van der Waals surface area contributed by atoms with E-state index in [0.717, 1.165) is 24.1 Å². The van der Waals surface area contributed by atoms with Crippen molar-refractivity contribution in [2.45, 2.75) is 25.1 Å². The number of alkyl halides is 3. The van der Waals surface area contributed by atoms with E-state index in [2.05, 4.69) is 15.5 Å². The zero-order chi connectivity index (χ0) is 20.4. The van der Waals surface area contributed by atoms with Crippen LogP contribution in [-0.2, 0) is 6.18 Å². The van der Waals surface area contributed by atoms with E-state index in [9.17, 15) is 18.0 Å². The molecule has 2 amide bonds. The molecule has 1 aliphatic heterocycles. The van der Waals surface area contributed by atoms with E-state index in [-0.39, 0.29) is 11.7 Å². The molecule has 1 atom stereocenters. The highest BCUT2D eigenvalue weighted by atomic mass is 19.4. The zero-order valence-electron chi connectivity index (χ0n) is 15.2. The molecule has 2 heterocycles. The lowest BCUT2D eigenvalue weighted by molar-refractivity contribution is -0.137. The van der Waals surface area contributed by atoms with E-state index in [1.165, 1.54) is 12.1 Å². The van der Waals surface area contributed by atoms with Crippen LogP contribution in [0, 0.1) is 0 Å². The largest absolute Gasteiger partial charge is 0.416 e. The summed E-state index contributed by atoms with van der Waals surface area (Å²) in [6.07, 6.45) is -3.00. The third kappa shape index (κ3) is 4.08. The van der Waals surface area contributed by atoms with E-state index in [0.29, 0.717) is 24.7 Å². The number of hydrogen-bond acceptors (Lipinski definition) is 4. The van der Waals surface area contributed by atoms with Gasteiger partial charge in [0.2, 0.25) is 11.7 Å². The number of halogens is 3. The van der Waals surface area contributed by atoms with Crippen molar-refractivity contribution in [1.82, 2.24) is 15.0 Å². The first kappa shape index (κ1) is 19.0. The lowest BCUT2D eigenvalue weighted by Gasteiger charge is -2.22. The average Bonchev–Trinajstić information content (AvgIpc) is 3.38. The number of aromatic nitrogens is 2. The van der Waals surface area contributed by atoms with E-state index in [1.54, 1.807) is 4.90 Å². The Morgan fingerprint density at radius 1 is 1.10 bits per heavy atom. The van der Waals surface area contributed by atoms with Crippen LogP contribution in [0.5, 0.6) is 0 Å². The van der Waals surface area contributed by atoms with Gasteiger partial charge in [0.25, 0.3) is 0 Å². The fraction of sp³-hybridized carbons (Fsp3) is 0.250. The molecule has 1 N–H and O–H groups in total. The lowest BCUT2D eigenvalue weighted by atomic mass is 10.2. The quantitative estimate of drug-likeness (QED) is 0.660. The van der Waals surface area contributed by atoms with Gasteiger partial charge in [-0.15, -0.1) is 0 Å². The number of anilines is 1. The van der Waals surface area contributed by atoms with Crippen LogP contribution in [0.2, 0.25) is 0 Å². The predicted octanol–water partition coefficient (Wildman–Crippen LogP) is 5.12. The molecule has 4 rings (SSSR count). The number of amides is 2. The Balaban J connectivity index is 1.47. The molecule has 0 bridgehead atoms. The molecular formula is C20H17F3N4O2. The maximum atomic E-state index is 12.7. The van der Waals surface area contributed by atoms with Gasteiger partial charge in [0.15, 0.2) is 0 Å². The Morgan fingerprint density at radius 2 is 1.83 bits per heavy atom. The molecule has 0 saturated carbocycles. The van der Waals surface area contributed by atoms with Crippen LogP contribution in [0.4, 0.5) is 23.7 Å². The fourth-order valence-corrected chi connectivity index (χ4v) is 3.28. The van der Waals surface area contributed by atoms with Gasteiger partial charge < -0.3 is 14.7 Å². The van der Waals surface area contributed by atoms with Crippen molar-refractivity contribution in [2.24, 2.45) is 0 Å². The Labute approximate surface area is 164 Å². The summed E-state index contributed by atoms with van der Waals surface area (Å²) in [6, 6.07) is 12.8. The van der Waals surface area contributed by atoms with Gasteiger partial charge in [0.05, 0.1) is 5.56 Å². The summed E-state index contributed by atoms with van der Waals surface area (Å²) in [4.78, 5) is 18.6. The minimum Gasteiger partial charge on any atom is -0.337 e. The van der Waals surface area contributed by atoms with Crippen molar-refractivity contribution >= 4 is 11.7 Å². The number of nitrogens with one attached hydrogen (secondary N) is 1. The third-order valence-corrected chi connectivity index (χ3v) is 4.74. The molecule has 0 spiro atoms. The average molecular weight is 402 g/mol. The van der Waals surface area contributed by atoms with E-state index in [4.69, 9.17) is 4.52 Å². The molecule has 2 aromatic carbocycles. The van der Waals surface area contributed by atoms with Crippen LogP contribution >= 0.6 is 0 Å². The maximum Gasteiger partial charge on any atom is 0.416 e. The Morgan fingerprint density at radius 3 is 2.52 bits per heavy atom. The normalized spacial score (nSPS) is 16.8. The molecule has 0 radical (unpaired) electrons. The summed E-state index contributed by atoms with van der Waals surface area (Å²) in [5.74, 6) is 0.777. The van der Waals surface area contributed by atoms with Crippen molar-refractivity contribution in [2.75, 3.05) is 11.9 Å². The zero-order valence-corrected chi connectivity index (χ0v) is 15.2. The van der Waals surface area contributed by atoms with E-state index < -0.39 is 17.8 Å². The minimum atomic E-state index is -4.42. The highest BCUT2D eigenvalue weighted by Gasteiger charge is 2.34. The van der Waals surface area contributed by atoms with Crippen LogP contribution in [0.1, 0.15) is 30.3 Å². The molecule has 3 aromatic rings. The summed E-state index contributed by atoms with van der Waals surface area (Å²) >= 11 is 0. The van der Waals surface area contributed by atoms with Crippen molar-refractivity contribution in [3.05, 3.63) is 66.1 Å². The number of rotatable bonds is 3. The lowest BCUT2D eigenvalue weighted by Crippen LogP contribution is -2.34. The molecule has 6 nitrogen and oxygen atoms in total. The van der Waals surface area contributed by atoms with E-state index >= 15 is 0 Å². The van der Waals surface area contributed by atoms with Crippen molar-refractivity contribution < 1.29 is 22.5 Å². The van der Waals surface area contributed by atoms with Crippen LogP contribution in [0.3, 0.4) is 0 Å². The van der Waals surface area contributed by atoms with Gasteiger partial charge in [-0.2, -0.15) is 18.2 Å². The first-order valence-corrected chi connectivity index (χ1v) is 9.06. The molecule has 150 valence electrons. The van der Waals surface area contributed by atoms with Crippen LogP contribution in [-0.4, -0.2) is 27.6 Å². The second-order valence-electron chi connectivity index (χ2n) is 6.68. The molecule has 9 heteroatoms. The number of carbonyl (C=O) groups is 1. The molecule has 1 saturated heterocycles. The highest BCUT2D eigenvalue weighted by Crippen LogP contribution is 2.33. The molecule has 29 heavy (non-hydrogen) atoms. The predicted molar refractivity (Wildman–Crippen MR) is 98.9 cm³/mol. The molecule has 0 aliphatic carbocycles. The smallest absolute Gasteiger partial charge is 0.337 e. The van der Waals surface area contributed by atoms with Gasteiger partial charge in [-0.3, -0.25) is 0 Å². The first-order valence-electron chi connectivity index (χ1n) is 9.06. The number of benzene rings is 2. The molecule has 1 fully saturated rings. The maximum absolute atomic E-state index is 12.7. The fourth-order valence-electron chi connectivity index (χ4n) is 3.28. The van der Waals surface area contributed by atoms with Crippen molar-refractivity contribution in [3.8, 4) is 11.4 Å². The summed E-state index contributed by atoms with van der Waals surface area (Å²) in [5.41, 5.74) is 0.319. The minimum absolute atomic E-state index is 0.282. The van der Waals surface area contributed by atoms with Crippen LogP contribution in [0.25, 0.3) is 11.4 Å². The number of urea groups is 1. The summed E-state index contributed by atoms with van der Waals surface area (Å²) in [7, 11) is 0. The second-order valence-corrected chi connectivity index (χ2v) is 6.68. The third-order valence-electron chi connectivity index (χ3n) is 4.74. The Kier molecular flexibility index (Phi) is 4.96. The van der Waals surface area contributed by atoms with Crippen LogP contribution < -0.4 is 5.32 Å². The van der Waals surface area contributed by atoms with Gasteiger partial charge >= 0.3 is 12.2 Å². The molecule has 1 aliphatic rings. The molecule has 1 aromatic heterocycles. The Hall–Kier alpha value is -3.36.